The highest BCUT2D eigenvalue weighted by Crippen LogP contribution is 2.36. The van der Waals surface area contributed by atoms with Crippen LogP contribution in [0.2, 0.25) is 5.02 Å². The summed E-state index contributed by atoms with van der Waals surface area (Å²) in [5.41, 5.74) is 2.00. The van der Waals surface area contributed by atoms with Gasteiger partial charge in [-0.1, -0.05) is 43.6 Å². The highest BCUT2D eigenvalue weighted by Gasteiger charge is 2.24. The number of aliphatic hydroxyl groups excluding tert-OH is 1. The summed E-state index contributed by atoms with van der Waals surface area (Å²) in [5, 5.41) is 10.9. The molecule has 7 heteroatoms. The fourth-order valence-electron chi connectivity index (χ4n) is 3.70. The van der Waals surface area contributed by atoms with E-state index >= 15 is 0 Å². The van der Waals surface area contributed by atoms with Gasteiger partial charge in [0.15, 0.2) is 0 Å². The molecule has 1 aliphatic heterocycles. The molecule has 5 nitrogen and oxygen atoms in total. The van der Waals surface area contributed by atoms with Crippen molar-refractivity contribution >= 4 is 23.2 Å². The Kier molecular flexibility index (Phi) is 9.50. The Hall–Kier alpha value is -1.50. The summed E-state index contributed by atoms with van der Waals surface area (Å²) in [6.45, 7) is 8.88. The number of halogens is 2. The van der Waals surface area contributed by atoms with Crippen LogP contribution in [0.1, 0.15) is 31.4 Å². The minimum Gasteiger partial charge on any atom is -0.492 e. The lowest BCUT2D eigenvalue weighted by Gasteiger charge is -2.28. The third kappa shape index (κ3) is 7.00. The number of ether oxygens (including phenoxy) is 3. The van der Waals surface area contributed by atoms with Gasteiger partial charge >= 0.3 is 0 Å². The minimum atomic E-state index is -0.531. The molecule has 0 aliphatic carbocycles. The van der Waals surface area contributed by atoms with Gasteiger partial charge in [0.2, 0.25) is 0 Å². The summed E-state index contributed by atoms with van der Waals surface area (Å²) in [6, 6.07) is 13.9. The maximum atomic E-state index is 10.3. The molecule has 1 heterocycles. The number of hydrogen-bond acceptors (Lipinski definition) is 5. The molecule has 0 unspecified atom stereocenters. The summed E-state index contributed by atoms with van der Waals surface area (Å²) in [4.78, 5) is 2.20. The Bertz CT molecular complexity index is 838. The molecule has 1 N–H and O–H groups in total. The van der Waals surface area contributed by atoms with Crippen molar-refractivity contribution in [2.75, 3.05) is 51.9 Å². The molecule has 0 saturated carbocycles. The lowest BCUT2D eigenvalue weighted by atomic mass is 9.78. The molecule has 0 spiro atoms. The first kappa shape index (κ1) is 25.1. The van der Waals surface area contributed by atoms with E-state index in [0.717, 1.165) is 49.6 Å². The zero-order valence-electron chi connectivity index (χ0n) is 18.9. The standard InChI is InChI=1S/C25H33Cl2NO4/c1-25(2,20-6-9-24(23(27)16-20)31-13-3-10-26)19-4-7-22(8-5-19)32-18-21(29)17-28-11-14-30-15-12-28/h4-9,16,21,29H,3,10-15,17-18H2,1-2H3/t21-/m1/s1. The molecule has 32 heavy (non-hydrogen) atoms. The first-order valence-electron chi connectivity index (χ1n) is 11.1. The van der Waals surface area contributed by atoms with Crippen molar-refractivity contribution in [3.63, 3.8) is 0 Å². The summed E-state index contributed by atoms with van der Waals surface area (Å²) in [7, 11) is 0. The van der Waals surface area contributed by atoms with Gasteiger partial charge in [0.05, 0.1) is 24.8 Å². The van der Waals surface area contributed by atoms with E-state index < -0.39 is 6.10 Å². The quantitative estimate of drug-likeness (QED) is 0.370. The average molecular weight is 482 g/mol. The Morgan fingerprint density at radius 3 is 2.41 bits per heavy atom. The van der Waals surface area contributed by atoms with Gasteiger partial charge in [-0.25, -0.2) is 0 Å². The van der Waals surface area contributed by atoms with Crippen molar-refractivity contribution < 1.29 is 19.3 Å². The highest BCUT2D eigenvalue weighted by molar-refractivity contribution is 6.32. The van der Waals surface area contributed by atoms with Gasteiger partial charge in [0.25, 0.3) is 0 Å². The number of benzene rings is 2. The highest BCUT2D eigenvalue weighted by atomic mass is 35.5. The molecule has 3 rings (SSSR count). The van der Waals surface area contributed by atoms with Crippen LogP contribution in [0, 0.1) is 0 Å². The van der Waals surface area contributed by atoms with Crippen LogP contribution in [-0.4, -0.2) is 68.1 Å². The fraction of sp³-hybridized carbons (Fsp3) is 0.520. The smallest absolute Gasteiger partial charge is 0.137 e. The number of nitrogens with zero attached hydrogens (tertiary/aromatic N) is 1. The Morgan fingerprint density at radius 2 is 1.75 bits per heavy atom. The maximum Gasteiger partial charge on any atom is 0.137 e. The normalized spacial score (nSPS) is 16.0. The molecular weight excluding hydrogens is 449 g/mol. The van der Waals surface area contributed by atoms with E-state index in [-0.39, 0.29) is 12.0 Å². The fourth-order valence-corrected chi connectivity index (χ4v) is 4.05. The second-order valence-electron chi connectivity index (χ2n) is 8.56. The van der Waals surface area contributed by atoms with Crippen molar-refractivity contribution in [3.05, 3.63) is 58.6 Å². The number of rotatable bonds is 11. The van der Waals surface area contributed by atoms with E-state index in [9.17, 15) is 5.11 Å². The van der Waals surface area contributed by atoms with Crippen LogP contribution in [0.5, 0.6) is 11.5 Å². The number of aliphatic hydroxyl groups is 1. The first-order chi connectivity index (χ1) is 15.4. The SMILES string of the molecule is CC(C)(c1ccc(OC[C@H](O)CN2CCOCC2)cc1)c1ccc(OCCCCl)c(Cl)c1. The Morgan fingerprint density at radius 1 is 1.06 bits per heavy atom. The summed E-state index contributed by atoms with van der Waals surface area (Å²) >= 11 is 12.2. The molecule has 0 aromatic heterocycles. The molecule has 1 aliphatic rings. The van der Waals surface area contributed by atoms with Crippen LogP contribution in [0.15, 0.2) is 42.5 Å². The predicted molar refractivity (Wildman–Crippen MR) is 130 cm³/mol. The van der Waals surface area contributed by atoms with Crippen LogP contribution in [-0.2, 0) is 10.2 Å². The zero-order chi connectivity index (χ0) is 23.0. The van der Waals surface area contributed by atoms with E-state index in [1.54, 1.807) is 0 Å². The monoisotopic (exact) mass is 481 g/mol. The third-order valence-corrected chi connectivity index (χ3v) is 6.34. The van der Waals surface area contributed by atoms with Gasteiger partial charge in [-0.05, 0) is 41.8 Å². The number of β-amino-alcohol motifs (C(OH)–C–C–N with tert-alkyl or cyclic N) is 1. The van der Waals surface area contributed by atoms with E-state index in [1.165, 1.54) is 0 Å². The predicted octanol–water partition coefficient (Wildman–Crippen LogP) is 4.75. The second kappa shape index (κ2) is 12.1. The molecule has 1 fully saturated rings. The number of alkyl halides is 1. The van der Waals surface area contributed by atoms with Gasteiger partial charge < -0.3 is 19.3 Å². The molecule has 1 saturated heterocycles. The topological polar surface area (TPSA) is 51.2 Å². The summed E-state index contributed by atoms with van der Waals surface area (Å²) in [5.74, 6) is 1.98. The third-order valence-electron chi connectivity index (χ3n) is 5.78. The van der Waals surface area contributed by atoms with Gasteiger partial charge in [0.1, 0.15) is 24.2 Å². The van der Waals surface area contributed by atoms with Crippen molar-refractivity contribution in [1.82, 2.24) is 4.90 Å². The molecule has 0 amide bonds. The lowest BCUT2D eigenvalue weighted by Crippen LogP contribution is -2.42. The van der Waals surface area contributed by atoms with Gasteiger partial charge in [-0.2, -0.15) is 0 Å². The molecule has 2 aromatic rings. The molecule has 1 atom stereocenters. The second-order valence-corrected chi connectivity index (χ2v) is 9.35. The molecular formula is C25H33Cl2NO4. The van der Waals surface area contributed by atoms with Crippen LogP contribution in [0.3, 0.4) is 0 Å². The summed E-state index contributed by atoms with van der Waals surface area (Å²) in [6.07, 6.45) is 0.251. The minimum absolute atomic E-state index is 0.243. The van der Waals surface area contributed by atoms with Crippen LogP contribution >= 0.6 is 23.2 Å². The van der Waals surface area contributed by atoms with Gasteiger partial charge in [-0.3, -0.25) is 4.90 Å². The van der Waals surface area contributed by atoms with E-state index in [4.69, 9.17) is 37.4 Å². The maximum absolute atomic E-state index is 10.3. The zero-order valence-corrected chi connectivity index (χ0v) is 20.4. The Balaban J connectivity index is 1.57. The van der Waals surface area contributed by atoms with E-state index in [2.05, 4.69) is 30.9 Å². The van der Waals surface area contributed by atoms with E-state index in [1.807, 2.05) is 30.3 Å². The molecule has 176 valence electrons. The number of hydrogen-bond donors (Lipinski definition) is 1. The van der Waals surface area contributed by atoms with Crippen LogP contribution < -0.4 is 9.47 Å². The van der Waals surface area contributed by atoms with Crippen LogP contribution in [0.25, 0.3) is 0 Å². The molecule has 0 bridgehead atoms. The van der Waals surface area contributed by atoms with Crippen molar-refractivity contribution in [2.24, 2.45) is 0 Å². The average Bonchev–Trinajstić information content (AvgIpc) is 2.80. The van der Waals surface area contributed by atoms with Gasteiger partial charge in [-0.15, -0.1) is 11.6 Å². The first-order valence-corrected chi connectivity index (χ1v) is 12.0. The van der Waals surface area contributed by atoms with Crippen LogP contribution in [0.4, 0.5) is 0 Å². The molecule has 2 aromatic carbocycles. The van der Waals surface area contributed by atoms with Crippen molar-refractivity contribution in [3.8, 4) is 11.5 Å². The van der Waals surface area contributed by atoms with Crippen molar-refractivity contribution in [2.45, 2.75) is 31.8 Å². The van der Waals surface area contributed by atoms with Crippen molar-refractivity contribution in [1.29, 1.82) is 0 Å². The van der Waals surface area contributed by atoms with E-state index in [0.29, 0.717) is 29.8 Å². The number of morpholine rings is 1. The van der Waals surface area contributed by atoms with Gasteiger partial charge in [0, 0.05) is 30.9 Å². The summed E-state index contributed by atoms with van der Waals surface area (Å²) < 4.78 is 16.8. The Labute approximate surface area is 201 Å². The largest absolute Gasteiger partial charge is 0.492 e. The molecule has 0 radical (unpaired) electrons. The lowest BCUT2D eigenvalue weighted by molar-refractivity contribution is 0.00465.